The third-order valence-corrected chi connectivity index (χ3v) is 4.58. The molecule has 0 spiro atoms. The Hall–Kier alpha value is -1.50. The van der Waals surface area contributed by atoms with Gasteiger partial charge in [0.25, 0.3) is 5.91 Å². The lowest BCUT2D eigenvalue weighted by Gasteiger charge is -2.37. The van der Waals surface area contributed by atoms with Crippen molar-refractivity contribution in [3.8, 4) is 0 Å². The lowest BCUT2D eigenvalue weighted by atomic mass is 9.96. The predicted octanol–water partition coefficient (Wildman–Crippen LogP) is 1.29. The summed E-state index contributed by atoms with van der Waals surface area (Å²) in [5.41, 5.74) is 0.355. The molecule has 2 heterocycles. The number of ether oxygens (including phenoxy) is 2. The number of morpholine rings is 1. The number of benzene rings is 1. The second-order valence-electron chi connectivity index (χ2n) is 6.06. The third-order valence-electron chi connectivity index (χ3n) is 4.58. The van der Waals surface area contributed by atoms with Crippen molar-refractivity contribution >= 4 is 5.91 Å². The van der Waals surface area contributed by atoms with Gasteiger partial charge in [0.15, 0.2) is 0 Å². The number of rotatable bonds is 5. The topological polar surface area (TPSA) is 50.8 Å². The molecular formula is C17H23FN2O3. The maximum atomic E-state index is 13.2. The van der Waals surface area contributed by atoms with Crippen LogP contribution in [0.2, 0.25) is 0 Å². The summed E-state index contributed by atoms with van der Waals surface area (Å²) >= 11 is 0. The molecule has 2 aliphatic rings. The highest BCUT2D eigenvalue weighted by Gasteiger charge is 2.31. The summed E-state index contributed by atoms with van der Waals surface area (Å²) in [4.78, 5) is 14.6. The van der Waals surface area contributed by atoms with Crippen molar-refractivity contribution in [3.63, 3.8) is 0 Å². The van der Waals surface area contributed by atoms with Gasteiger partial charge in [0.1, 0.15) is 5.82 Å². The Morgan fingerprint density at radius 2 is 2.13 bits per heavy atom. The zero-order valence-electron chi connectivity index (χ0n) is 13.2. The highest BCUT2D eigenvalue weighted by Crippen LogP contribution is 2.22. The van der Waals surface area contributed by atoms with Crippen LogP contribution in [0, 0.1) is 11.7 Å². The molecule has 2 fully saturated rings. The first-order chi connectivity index (χ1) is 11.2. The Kier molecular flexibility index (Phi) is 5.59. The quantitative estimate of drug-likeness (QED) is 0.888. The smallest absolute Gasteiger partial charge is 0.251 e. The second kappa shape index (κ2) is 7.86. The summed E-state index contributed by atoms with van der Waals surface area (Å²) in [5.74, 6) is -0.214. The van der Waals surface area contributed by atoms with Crippen LogP contribution in [-0.4, -0.2) is 62.9 Å². The number of carbonyl (C=O) groups excluding carboxylic acids is 1. The standard InChI is InChI=1S/C17H23FN2O3/c18-15-3-1-2-13(10-15)17(21)19-11-16(14-4-7-23-12-14)20-5-8-22-9-6-20/h1-3,10,14,16H,4-9,11-12H2,(H,19,21). The lowest BCUT2D eigenvalue weighted by molar-refractivity contribution is 0.00166. The fourth-order valence-electron chi connectivity index (χ4n) is 3.29. The number of hydrogen-bond acceptors (Lipinski definition) is 4. The molecule has 5 nitrogen and oxygen atoms in total. The molecule has 1 aromatic carbocycles. The summed E-state index contributed by atoms with van der Waals surface area (Å²) in [5, 5.41) is 2.96. The summed E-state index contributed by atoms with van der Waals surface area (Å²) in [6, 6.07) is 6.01. The normalized spacial score (nSPS) is 23.6. The number of nitrogens with one attached hydrogen (secondary N) is 1. The average Bonchev–Trinajstić information content (AvgIpc) is 3.10. The van der Waals surface area contributed by atoms with Crippen molar-refractivity contribution < 1.29 is 18.7 Å². The number of amides is 1. The van der Waals surface area contributed by atoms with Gasteiger partial charge in [-0.3, -0.25) is 9.69 Å². The lowest BCUT2D eigenvalue weighted by Crippen LogP contribution is -2.52. The fraction of sp³-hybridized carbons (Fsp3) is 0.588. The summed E-state index contributed by atoms with van der Waals surface area (Å²) < 4.78 is 24.2. The molecule has 0 saturated carbocycles. The molecule has 2 unspecified atom stereocenters. The molecule has 1 amide bonds. The van der Waals surface area contributed by atoms with Crippen LogP contribution >= 0.6 is 0 Å². The monoisotopic (exact) mass is 322 g/mol. The van der Waals surface area contributed by atoms with Crippen molar-refractivity contribution in [1.82, 2.24) is 10.2 Å². The first-order valence-corrected chi connectivity index (χ1v) is 8.17. The van der Waals surface area contributed by atoms with Crippen LogP contribution in [0.5, 0.6) is 0 Å². The Balaban J connectivity index is 1.62. The van der Waals surface area contributed by atoms with Crippen molar-refractivity contribution in [2.24, 2.45) is 5.92 Å². The molecule has 0 bridgehead atoms. The van der Waals surface area contributed by atoms with Gasteiger partial charge in [-0.1, -0.05) is 6.07 Å². The van der Waals surface area contributed by atoms with Gasteiger partial charge in [0, 0.05) is 43.8 Å². The average molecular weight is 322 g/mol. The number of nitrogens with zero attached hydrogens (tertiary/aromatic N) is 1. The molecule has 2 atom stereocenters. The predicted molar refractivity (Wildman–Crippen MR) is 83.8 cm³/mol. The van der Waals surface area contributed by atoms with Crippen LogP contribution in [-0.2, 0) is 9.47 Å². The largest absolute Gasteiger partial charge is 0.381 e. The zero-order chi connectivity index (χ0) is 16.1. The van der Waals surface area contributed by atoms with Crippen LogP contribution in [0.1, 0.15) is 16.8 Å². The highest BCUT2D eigenvalue weighted by molar-refractivity contribution is 5.94. The Morgan fingerprint density at radius 1 is 1.30 bits per heavy atom. The molecule has 0 radical (unpaired) electrons. The fourth-order valence-corrected chi connectivity index (χ4v) is 3.29. The summed E-state index contributed by atoms with van der Waals surface area (Å²) in [6.07, 6.45) is 1.01. The molecule has 6 heteroatoms. The minimum absolute atomic E-state index is 0.235. The van der Waals surface area contributed by atoms with Crippen molar-refractivity contribution in [2.75, 3.05) is 46.1 Å². The van der Waals surface area contributed by atoms with E-state index in [0.717, 1.165) is 45.9 Å². The van der Waals surface area contributed by atoms with E-state index in [1.807, 2.05) is 0 Å². The zero-order valence-corrected chi connectivity index (χ0v) is 13.2. The van der Waals surface area contributed by atoms with E-state index in [0.29, 0.717) is 18.0 Å². The van der Waals surface area contributed by atoms with Crippen molar-refractivity contribution in [2.45, 2.75) is 12.5 Å². The number of hydrogen-bond donors (Lipinski definition) is 1. The van der Waals surface area contributed by atoms with E-state index in [1.54, 1.807) is 12.1 Å². The van der Waals surface area contributed by atoms with Crippen molar-refractivity contribution in [3.05, 3.63) is 35.6 Å². The molecule has 0 aromatic heterocycles. The van der Waals surface area contributed by atoms with Gasteiger partial charge >= 0.3 is 0 Å². The van der Waals surface area contributed by atoms with E-state index in [2.05, 4.69) is 10.2 Å². The minimum atomic E-state index is -0.397. The SMILES string of the molecule is O=C(NCC(C1CCOC1)N1CCOCC1)c1cccc(F)c1. The van der Waals surface area contributed by atoms with Gasteiger partial charge in [0.05, 0.1) is 19.8 Å². The van der Waals surface area contributed by atoms with Gasteiger partial charge in [0.2, 0.25) is 0 Å². The number of halogens is 1. The van der Waals surface area contributed by atoms with Gasteiger partial charge in [-0.05, 0) is 24.6 Å². The molecule has 3 rings (SSSR count). The van der Waals surface area contributed by atoms with Gasteiger partial charge in [-0.25, -0.2) is 4.39 Å². The van der Waals surface area contributed by atoms with Crippen LogP contribution in [0.4, 0.5) is 4.39 Å². The first-order valence-electron chi connectivity index (χ1n) is 8.17. The van der Waals surface area contributed by atoms with Gasteiger partial charge < -0.3 is 14.8 Å². The molecule has 126 valence electrons. The Bertz CT molecular complexity index is 528. The van der Waals surface area contributed by atoms with Gasteiger partial charge in [-0.15, -0.1) is 0 Å². The molecular weight excluding hydrogens is 299 g/mol. The second-order valence-corrected chi connectivity index (χ2v) is 6.06. The molecule has 23 heavy (non-hydrogen) atoms. The Morgan fingerprint density at radius 3 is 2.83 bits per heavy atom. The third kappa shape index (κ3) is 4.28. The van der Waals surface area contributed by atoms with Crippen LogP contribution in [0.15, 0.2) is 24.3 Å². The van der Waals surface area contributed by atoms with Gasteiger partial charge in [-0.2, -0.15) is 0 Å². The Labute approximate surface area is 135 Å². The highest BCUT2D eigenvalue weighted by atomic mass is 19.1. The molecule has 1 aromatic rings. The van der Waals surface area contributed by atoms with E-state index in [1.165, 1.54) is 12.1 Å². The first kappa shape index (κ1) is 16.4. The van der Waals surface area contributed by atoms with E-state index in [9.17, 15) is 9.18 Å². The number of carbonyl (C=O) groups is 1. The minimum Gasteiger partial charge on any atom is -0.381 e. The van der Waals surface area contributed by atoms with Crippen LogP contribution in [0.3, 0.4) is 0 Å². The van der Waals surface area contributed by atoms with E-state index >= 15 is 0 Å². The molecule has 0 aliphatic carbocycles. The van der Waals surface area contributed by atoms with E-state index in [-0.39, 0.29) is 11.9 Å². The van der Waals surface area contributed by atoms with Crippen molar-refractivity contribution in [1.29, 1.82) is 0 Å². The van der Waals surface area contributed by atoms with Crippen LogP contribution < -0.4 is 5.32 Å². The molecule has 1 N–H and O–H groups in total. The molecule has 2 saturated heterocycles. The van der Waals surface area contributed by atoms with Crippen LogP contribution in [0.25, 0.3) is 0 Å². The maximum Gasteiger partial charge on any atom is 0.251 e. The molecule has 2 aliphatic heterocycles. The summed E-state index contributed by atoms with van der Waals surface area (Å²) in [7, 11) is 0. The van der Waals surface area contributed by atoms with E-state index < -0.39 is 5.82 Å². The maximum absolute atomic E-state index is 13.2. The summed E-state index contributed by atoms with van der Waals surface area (Å²) in [6.45, 7) is 5.25. The van der Waals surface area contributed by atoms with E-state index in [4.69, 9.17) is 9.47 Å².